The van der Waals surface area contributed by atoms with Gasteiger partial charge in [-0.15, -0.1) is 0 Å². The van der Waals surface area contributed by atoms with E-state index in [1.807, 2.05) is 13.2 Å². The van der Waals surface area contributed by atoms with E-state index in [0.717, 1.165) is 6.42 Å². The topological polar surface area (TPSA) is 87.7 Å². The Morgan fingerprint density at radius 2 is 2.36 bits per heavy atom. The highest BCUT2D eigenvalue weighted by Crippen LogP contribution is 1.98. The van der Waals surface area contributed by atoms with E-state index in [-0.39, 0.29) is 17.8 Å². The third-order valence-corrected chi connectivity index (χ3v) is 2.21. The molecule has 0 saturated carbocycles. The number of oxime groups is 1. The van der Waals surface area contributed by atoms with E-state index in [9.17, 15) is 4.79 Å². The highest BCUT2D eigenvalue weighted by molar-refractivity contribution is 7.99. The zero-order valence-electron chi connectivity index (χ0n) is 8.49. The zero-order chi connectivity index (χ0) is 11.0. The summed E-state index contributed by atoms with van der Waals surface area (Å²) in [4.78, 5) is 11.2. The van der Waals surface area contributed by atoms with Crippen LogP contribution in [0, 0.1) is 0 Å². The van der Waals surface area contributed by atoms with Gasteiger partial charge in [0.1, 0.15) is 0 Å². The summed E-state index contributed by atoms with van der Waals surface area (Å²) >= 11 is 1.43. The molecule has 0 rings (SSSR count). The fraction of sp³-hybridized carbons (Fsp3) is 0.750. The number of amidine groups is 1. The van der Waals surface area contributed by atoms with Gasteiger partial charge in [0.25, 0.3) is 0 Å². The van der Waals surface area contributed by atoms with Crippen LogP contribution in [0.4, 0.5) is 0 Å². The summed E-state index contributed by atoms with van der Waals surface area (Å²) in [5, 5.41) is 14.1. The lowest BCUT2D eigenvalue weighted by molar-refractivity contribution is -0.118. The fourth-order valence-electron chi connectivity index (χ4n) is 1.02. The molecule has 0 bridgehead atoms. The number of nitrogens with two attached hydrogens (primary N) is 1. The van der Waals surface area contributed by atoms with Gasteiger partial charge in [-0.05, 0) is 12.7 Å². The van der Waals surface area contributed by atoms with Gasteiger partial charge in [-0.3, -0.25) is 4.79 Å². The quantitative estimate of drug-likeness (QED) is 0.261. The van der Waals surface area contributed by atoms with Gasteiger partial charge in [-0.25, -0.2) is 0 Å². The zero-order valence-corrected chi connectivity index (χ0v) is 9.30. The van der Waals surface area contributed by atoms with E-state index in [4.69, 9.17) is 10.9 Å². The first-order valence-electron chi connectivity index (χ1n) is 4.41. The summed E-state index contributed by atoms with van der Waals surface area (Å²) in [6, 6.07) is -0.357. The van der Waals surface area contributed by atoms with Crippen molar-refractivity contribution in [1.82, 2.24) is 5.32 Å². The van der Waals surface area contributed by atoms with Gasteiger partial charge >= 0.3 is 0 Å². The van der Waals surface area contributed by atoms with Crippen LogP contribution in [0.2, 0.25) is 0 Å². The van der Waals surface area contributed by atoms with Crippen LogP contribution in [0.5, 0.6) is 0 Å². The van der Waals surface area contributed by atoms with Crippen molar-refractivity contribution in [3.63, 3.8) is 0 Å². The largest absolute Gasteiger partial charge is 0.409 e. The van der Waals surface area contributed by atoms with Crippen molar-refractivity contribution < 1.29 is 10.0 Å². The van der Waals surface area contributed by atoms with Gasteiger partial charge in [0, 0.05) is 0 Å². The third-order valence-electron chi connectivity index (χ3n) is 1.66. The molecule has 0 aromatic heterocycles. The van der Waals surface area contributed by atoms with Crippen LogP contribution in [0.1, 0.15) is 19.8 Å². The monoisotopic (exact) mass is 219 g/mol. The van der Waals surface area contributed by atoms with E-state index in [2.05, 4.69) is 10.5 Å². The van der Waals surface area contributed by atoms with Crippen LogP contribution in [-0.4, -0.2) is 35.0 Å². The summed E-state index contributed by atoms with van der Waals surface area (Å²) in [6.07, 6.45) is 3.38. The number of hydrogen-bond acceptors (Lipinski definition) is 4. The predicted octanol–water partition coefficient (Wildman–Crippen LogP) is 0.381. The molecule has 0 spiro atoms. The number of rotatable bonds is 6. The number of nitrogens with one attached hydrogen (secondary N) is 1. The van der Waals surface area contributed by atoms with Crippen molar-refractivity contribution in [3.05, 3.63) is 0 Å². The molecule has 0 radical (unpaired) electrons. The van der Waals surface area contributed by atoms with E-state index in [0.29, 0.717) is 12.2 Å². The minimum Gasteiger partial charge on any atom is -0.409 e. The molecule has 5 nitrogen and oxygen atoms in total. The number of amides is 1. The number of carbonyl (C=O) groups excluding carboxylic acids is 1. The first kappa shape index (κ1) is 13.1. The van der Waals surface area contributed by atoms with Gasteiger partial charge in [0.05, 0.1) is 11.8 Å². The maximum Gasteiger partial charge on any atom is 0.230 e. The molecule has 82 valence electrons. The molecule has 0 heterocycles. The molecule has 0 aromatic rings. The van der Waals surface area contributed by atoms with Crippen LogP contribution in [0.3, 0.4) is 0 Å². The Morgan fingerprint density at radius 3 is 2.79 bits per heavy atom. The van der Waals surface area contributed by atoms with Crippen molar-refractivity contribution in [2.24, 2.45) is 10.9 Å². The summed E-state index contributed by atoms with van der Waals surface area (Å²) < 4.78 is 0. The van der Waals surface area contributed by atoms with Crippen molar-refractivity contribution in [2.75, 3.05) is 12.0 Å². The maximum atomic E-state index is 11.2. The molecular formula is C8H17N3O2S. The van der Waals surface area contributed by atoms with Gasteiger partial charge in [-0.1, -0.05) is 18.5 Å². The smallest absolute Gasteiger partial charge is 0.230 e. The number of hydrogen-bond donors (Lipinski definition) is 3. The second-order valence-electron chi connectivity index (χ2n) is 2.87. The number of nitrogens with zero attached hydrogens (tertiary/aromatic N) is 1. The van der Waals surface area contributed by atoms with Crippen molar-refractivity contribution in [1.29, 1.82) is 0 Å². The van der Waals surface area contributed by atoms with Crippen LogP contribution < -0.4 is 11.1 Å². The Labute approximate surface area is 88.1 Å². The molecule has 14 heavy (non-hydrogen) atoms. The molecule has 6 heteroatoms. The third kappa shape index (κ3) is 4.96. The molecule has 4 N–H and O–H groups in total. The molecular weight excluding hydrogens is 202 g/mol. The standard InChI is InChI=1S/C8H17N3O2S/c1-3-4-6(8(9)11-13)10-7(12)5-14-2/h6,13H,3-5H2,1-2H3,(H2,9,11)(H,10,12). The summed E-state index contributed by atoms with van der Waals surface area (Å²) in [7, 11) is 0. The molecule has 0 aliphatic heterocycles. The number of carbonyl (C=O) groups is 1. The Hall–Kier alpha value is -0.910. The lowest BCUT2D eigenvalue weighted by Crippen LogP contribution is -2.45. The SMILES string of the molecule is CCCC(NC(=O)CSC)C(N)=NO. The van der Waals surface area contributed by atoms with Crippen LogP contribution in [0.25, 0.3) is 0 Å². The predicted molar refractivity (Wildman–Crippen MR) is 58.6 cm³/mol. The second kappa shape index (κ2) is 7.49. The fourth-order valence-corrected chi connectivity index (χ4v) is 1.36. The van der Waals surface area contributed by atoms with E-state index in [1.54, 1.807) is 0 Å². The van der Waals surface area contributed by atoms with Crippen molar-refractivity contribution in [2.45, 2.75) is 25.8 Å². The molecule has 0 aliphatic rings. The Balaban J connectivity index is 4.15. The van der Waals surface area contributed by atoms with Crippen molar-refractivity contribution >= 4 is 23.5 Å². The molecule has 0 saturated heterocycles. The Morgan fingerprint density at radius 1 is 1.71 bits per heavy atom. The van der Waals surface area contributed by atoms with Gasteiger partial charge in [0.15, 0.2) is 5.84 Å². The molecule has 1 unspecified atom stereocenters. The van der Waals surface area contributed by atoms with Gasteiger partial charge in [-0.2, -0.15) is 11.8 Å². The lowest BCUT2D eigenvalue weighted by Gasteiger charge is -2.15. The first-order valence-corrected chi connectivity index (χ1v) is 5.80. The van der Waals surface area contributed by atoms with E-state index >= 15 is 0 Å². The second-order valence-corrected chi connectivity index (χ2v) is 3.73. The Kier molecular flexibility index (Phi) is 7.00. The molecule has 0 aliphatic carbocycles. The minimum atomic E-state index is -0.357. The van der Waals surface area contributed by atoms with Gasteiger partial charge < -0.3 is 16.3 Å². The first-order chi connectivity index (χ1) is 6.65. The van der Waals surface area contributed by atoms with Crippen molar-refractivity contribution in [3.8, 4) is 0 Å². The molecule has 0 fully saturated rings. The van der Waals surface area contributed by atoms with Crippen LogP contribution >= 0.6 is 11.8 Å². The normalized spacial score (nSPS) is 13.7. The minimum absolute atomic E-state index is 0.0568. The molecule has 1 amide bonds. The van der Waals surface area contributed by atoms with Crippen LogP contribution in [0.15, 0.2) is 5.16 Å². The average Bonchev–Trinajstić information content (AvgIpc) is 2.16. The molecule has 1 atom stereocenters. The highest BCUT2D eigenvalue weighted by Gasteiger charge is 2.15. The summed E-state index contributed by atoms with van der Waals surface area (Å²) in [6.45, 7) is 1.97. The van der Waals surface area contributed by atoms with E-state index in [1.165, 1.54) is 11.8 Å². The lowest BCUT2D eigenvalue weighted by atomic mass is 10.1. The Bertz CT molecular complexity index is 209. The maximum absolute atomic E-state index is 11.2. The molecule has 0 aromatic carbocycles. The average molecular weight is 219 g/mol. The highest BCUT2D eigenvalue weighted by atomic mass is 32.2. The number of thioether (sulfide) groups is 1. The van der Waals surface area contributed by atoms with Gasteiger partial charge in [0.2, 0.25) is 5.91 Å². The van der Waals surface area contributed by atoms with E-state index < -0.39 is 0 Å². The summed E-state index contributed by atoms with van der Waals surface area (Å²) in [5.74, 6) is 0.350. The van der Waals surface area contributed by atoms with Crippen LogP contribution in [-0.2, 0) is 4.79 Å². The summed E-state index contributed by atoms with van der Waals surface area (Å²) in [5.41, 5.74) is 5.43.